The second kappa shape index (κ2) is 3.97. The van der Waals surface area contributed by atoms with E-state index in [1.807, 2.05) is 0 Å². The van der Waals surface area contributed by atoms with Gasteiger partial charge in [-0.15, -0.1) is 0 Å². The van der Waals surface area contributed by atoms with Crippen LogP contribution >= 0.6 is 0 Å². The van der Waals surface area contributed by atoms with Gasteiger partial charge < -0.3 is 0 Å². The molecule has 0 fully saturated rings. The SMILES string of the molecule is CCB(C(C)C)C(C)C. The van der Waals surface area contributed by atoms with Crippen molar-refractivity contribution in [1.82, 2.24) is 0 Å². The van der Waals surface area contributed by atoms with E-state index in [0.717, 1.165) is 18.3 Å². The standard InChI is InChI=1S/C8H19B/c1-6-9(7(2)3)8(4)5/h7-8H,6H2,1-5H3. The predicted octanol–water partition coefficient (Wildman–Crippen LogP) is 3.32. The zero-order valence-corrected chi connectivity index (χ0v) is 7.44. The maximum absolute atomic E-state index is 2.31. The third kappa shape index (κ3) is 2.93. The lowest BCUT2D eigenvalue weighted by atomic mass is 9.34. The average Bonchev–Trinajstić information content (AvgIpc) is 1.64. The lowest BCUT2D eigenvalue weighted by Crippen LogP contribution is -2.18. The largest absolute Gasteiger partial charge is 0.144 e. The van der Waals surface area contributed by atoms with E-state index in [2.05, 4.69) is 34.6 Å². The van der Waals surface area contributed by atoms with Gasteiger partial charge in [0.2, 0.25) is 0 Å². The summed E-state index contributed by atoms with van der Waals surface area (Å²) in [6, 6.07) is 0. The van der Waals surface area contributed by atoms with Crippen LogP contribution in [0.1, 0.15) is 34.6 Å². The lowest BCUT2D eigenvalue weighted by Gasteiger charge is -2.18. The summed E-state index contributed by atoms with van der Waals surface area (Å²) in [6.45, 7) is 12.5. The molecule has 0 aliphatic heterocycles. The van der Waals surface area contributed by atoms with Crippen molar-refractivity contribution in [2.24, 2.45) is 0 Å². The van der Waals surface area contributed by atoms with Gasteiger partial charge in [0.1, 0.15) is 6.71 Å². The Morgan fingerprint density at radius 3 is 1.33 bits per heavy atom. The first-order valence-corrected chi connectivity index (χ1v) is 4.09. The number of rotatable bonds is 3. The summed E-state index contributed by atoms with van der Waals surface area (Å²) >= 11 is 0. The van der Waals surface area contributed by atoms with E-state index in [-0.39, 0.29) is 0 Å². The number of hydrogen-bond acceptors (Lipinski definition) is 0. The molecule has 54 valence electrons. The quantitative estimate of drug-likeness (QED) is 0.509. The molecule has 0 unspecified atom stereocenters. The molecular formula is C8H19B. The Morgan fingerprint density at radius 2 is 1.33 bits per heavy atom. The Labute approximate surface area is 60.1 Å². The van der Waals surface area contributed by atoms with E-state index < -0.39 is 0 Å². The molecule has 0 atom stereocenters. The van der Waals surface area contributed by atoms with Crippen molar-refractivity contribution >= 4 is 6.71 Å². The fourth-order valence-electron chi connectivity index (χ4n) is 1.71. The molecule has 9 heavy (non-hydrogen) atoms. The molecule has 0 aromatic carbocycles. The Balaban J connectivity index is 3.68. The minimum absolute atomic E-state index is 0.856. The molecule has 0 saturated carbocycles. The van der Waals surface area contributed by atoms with Gasteiger partial charge in [-0.25, -0.2) is 0 Å². The van der Waals surface area contributed by atoms with Gasteiger partial charge in [-0.2, -0.15) is 0 Å². The van der Waals surface area contributed by atoms with Crippen LogP contribution in [0.2, 0.25) is 18.0 Å². The third-order valence-electron chi connectivity index (χ3n) is 2.18. The Morgan fingerprint density at radius 1 is 1.00 bits per heavy atom. The lowest BCUT2D eigenvalue weighted by molar-refractivity contribution is 0.923. The average molecular weight is 126 g/mol. The van der Waals surface area contributed by atoms with Gasteiger partial charge in [0, 0.05) is 0 Å². The first kappa shape index (κ1) is 9.06. The van der Waals surface area contributed by atoms with E-state index >= 15 is 0 Å². The molecule has 0 heterocycles. The minimum atomic E-state index is 0.856. The second-order valence-corrected chi connectivity index (χ2v) is 3.56. The summed E-state index contributed by atoms with van der Waals surface area (Å²) in [5.41, 5.74) is 0. The van der Waals surface area contributed by atoms with Crippen molar-refractivity contribution in [2.45, 2.75) is 52.6 Å². The molecule has 0 aromatic heterocycles. The van der Waals surface area contributed by atoms with E-state index in [1.165, 1.54) is 6.32 Å². The number of hydrogen-bond donors (Lipinski definition) is 0. The fraction of sp³-hybridized carbons (Fsp3) is 1.00. The van der Waals surface area contributed by atoms with Gasteiger partial charge in [-0.3, -0.25) is 0 Å². The van der Waals surface area contributed by atoms with Crippen molar-refractivity contribution in [3.8, 4) is 0 Å². The normalized spacial score (nSPS) is 11.0. The topological polar surface area (TPSA) is 0 Å². The molecular weight excluding hydrogens is 107 g/mol. The van der Waals surface area contributed by atoms with Crippen LogP contribution in [-0.4, -0.2) is 6.71 Å². The molecule has 0 spiro atoms. The smallest absolute Gasteiger partial charge is 0.0766 e. The molecule has 0 aliphatic carbocycles. The van der Waals surface area contributed by atoms with Crippen LogP contribution in [0.5, 0.6) is 0 Å². The summed E-state index contributed by atoms with van der Waals surface area (Å²) in [5, 5.41) is 0. The van der Waals surface area contributed by atoms with Gasteiger partial charge in [-0.1, -0.05) is 52.6 Å². The Bertz CT molecular complexity index is 59.0. The highest BCUT2D eigenvalue weighted by atomic mass is 13.9. The highest BCUT2D eigenvalue weighted by Gasteiger charge is 2.18. The summed E-state index contributed by atoms with van der Waals surface area (Å²) in [5.74, 6) is 1.71. The van der Waals surface area contributed by atoms with E-state index in [4.69, 9.17) is 0 Å². The second-order valence-electron chi connectivity index (χ2n) is 3.56. The van der Waals surface area contributed by atoms with Gasteiger partial charge in [0.05, 0.1) is 0 Å². The summed E-state index contributed by atoms with van der Waals surface area (Å²) < 4.78 is 0. The van der Waals surface area contributed by atoms with Crippen LogP contribution in [-0.2, 0) is 0 Å². The van der Waals surface area contributed by atoms with Crippen LogP contribution in [0, 0.1) is 0 Å². The van der Waals surface area contributed by atoms with Crippen molar-refractivity contribution in [3.05, 3.63) is 0 Å². The molecule has 0 aliphatic rings. The van der Waals surface area contributed by atoms with Crippen LogP contribution < -0.4 is 0 Å². The van der Waals surface area contributed by atoms with Crippen molar-refractivity contribution in [2.75, 3.05) is 0 Å². The van der Waals surface area contributed by atoms with Gasteiger partial charge in [-0.05, 0) is 0 Å². The first-order valence-electron chi connectivity index (χ1n) is 4.09. The maximum atomic E-state index is 2.31. The highest BCUT2D eigenvalue weighted by Crippen LogP contribution is 2.22. The molecule has 0 N–H and O–H groups in total. The predicted molar refractivity (Wildman–Crippen MR) is 46.4 cm³/mol. The Hall–Kier alpha value is 0.0649. The fourth-order valence-corrected chi connectivity index (χ4v) is 1.71. The molecule has 0 aromatic rings. The van der Waals surface area contributed by atoms with Crippen LogP contribution in [0.4, 0.5) is 0 Å². The summed E-state index contributed by atoms with van der Waals surface area (Å²) in [7, 11) is 0. The van der Waals surface area contributed by atoms with E-state index in [0.29, 0.717) is 0 Å². The van der Waals surface area contributed by atoms with Gasteiger partial charge >= 0.3 is 0 Å². The molecule has 0 saturated heterocycles. The van der Waals surface area contributed by atoms with Gasteiger partial charge in [0.25, 0.3) is 0 Å². The zero-order valence-electron chi connectivity index (χ0n) is 7.44. The summed E-state index contributed by atoms with van der Waals surface area (Å²) in [4.78, 5) is 0. The molecule has 0 nitrogen and oxygen atoms in total. The monoisotopic (exact) mass is 126 g/mol. The zero-order chi connectivity index (χ0) is 7.44. The van der Waals surface area contributed by atoms with E-state index in [1.54, 1.807) is 0 Å². The molecule has 1 heteroatoms. The molecule has 0 rings (SSSR count). The van der Waals surface area contributed by atoms with E-state index in [9.17, 15) is 0 Å². The molecule has 0 amide bonds. The van der Waals surface area contributed by atoms with Crippen molar-refractivity contribution < 1.29 is 0 Å². The van der Waals surface area contributed by atoms with Crippen LogP contribution in [0.3, 0.4) is 0 Å². The van der Waals surface area contributed by atoms with Crippen molar-refractivity contribution in [3.63, 3.8) is 0 Å². The van der Waals surface area contributed by atoms with Crippen LogP contribution in [0.25, 0.3) is 0 Å². The molecule has 0 radical (unpaired) electrons. The highest BCUT2D eigenvalue weighted by molar-refractivity contribution is 6.61. The Kier molecular flexibility index (Phi) is 4.00. The van der Waals surface area contributed by atoms with Crippen LogP contribution in [0.15, 0.2) is 0 Å². The summed E-state index contributed by atoms with van der Waals surface area (Å²) in [6.07, 6.45) is 1.33. The van der Waals surface area contributed by atoms with Crippen molar-refractivity contribution in [1.29, 1.82) is 0 Å². The first-order chi connectivity index (χ1) is 4.09. The maximum Gasteiger partial charge on any atom is 0.144 e. The molecule has 0 bridgehead atoms. The minimum Gasteiger partial charge on any atom is -0.0766 e. The third-order valence-corrected chi connectivity index (χ3v) is 2.18. The van der Waals surface area contributed by atoms with Gasteiger partial charge in [0.15, 0.2) is 0 Å².